The van der Waals surface area contributed by atoms with Crippen molar-refractivity contribution in [3.63, 3.8) is 0 Å². The van der Waals surface area contributed by atoms with Crippen LogP contribution in [0.15, 0.2) is 24.4 Å². The van der Waals surface area contributed by atoms with Gasteiger partial charge in [0.15, 0.2) is 0 Å². The lowest BCUT2D eigenvalue weighted by molar-refractivity contribution is -0.138. The monoisotopic (exact) mass is 445 g/mol. The second kappa shape index (κ2) is 8.65. The highest BCUT2D eigenvalue weighted by Gasteiger charge is 2.45. The molecule has 1 aliphatic heterocycles. The number of hydrogen-bond donors (Lipinski definition) is 3. The van der Waals surface area contributed by atoms with E-state index in [4.69, 9.17) is 9.47 Å². The van der Waals surface area contributed by atoms with Gasteiger partial charge < -0.3 is 24.9 Å². The van der Waals surface area contributed by atoms with Crippen LogP contribution in [-0.2, 0) is 20.7 Å². The zero-order chi connectivity index (χ0) is 23.8. The first-order valence-electron chi connectivity index (χ1n) is 11.0. The van der Waals surface area contributed by atoms with E-state index in [0.29, 0.717) is 13.0 Å². The first kappa shape index (κ1) is 23.9. The third-order valence-electron chi connectivity index (χ3n) is 5.65. The van der Waals surface area contributed by atoms with E-state index in [1.807, 2.05) is 72.9 Å². The summed E-state index contributed by atoms with van der Waals surface area (Å²) in [7, 11) is 0. The highest BCUT2D eigenvalue weighted by molar-refractivity contribution is 5.96. The summed E-state index contributed by atoms with van der Waals surface area (Å²) in [5, 5.41) is 13.7. The Balaban J connectivity index is 1.93. The van der Waals surface area contributed by atoms with E-state index in [1.165, 1.54) is 0 Å². The van der Waals surface area contributed by atoms with E-state index in [0.717, 1.165) is 22.2 Å². The fraction of sp³-hybridized carbons (Fsp3) is 0.583. The van der Waals surface area contributed by atoms with Crippen LogP contribution in [0.4, 0.5) is 10.5 Å². The van der Waals surface area contributed by atoms with Gasteiger partial charge in [-0.2, -0.15) is 0 Å². The summed E-state index contributed by atoms with van der Waals surface area (Å²) < 4.78 is 11.6. The molecule has 1 saturated heterocycles. The number of hydrogen-bond acceptors (Lipinski definition) is 5. The van der Waals surface area contributed by atoms with Gasteiger partial charge in [-0.25, -0.2) is 9.59 Å². The molecule has 2 atom stereocenters. The average molecular weight is 446 g/mol. The van der Waals surface area contributed by atoms with Gasteiger partial charge in [0.05, 0.1) is 12.6 Å². The number of rotatable bonds is 6. The smallest absolute Gasteiger partial charge is 0.412 e. The Hall–Kier alpha value is -2.74. The maximum atomic E-state index is 13.0. The summed E-state index contributed by atoms with van der Waals surface area (Å²) in [6, 6.07) is 4.80. The van der Waals surface area contributed by atoms with E-state index in [9.17, 15) is 14.7 Å². The quantitative estimate of drug-likeness (QED) is 0.600. The van der Waals surface area contributed by atoms with Gasteiger partial charge in [0, 0.05) is 22.8 Å². The summed E-state index contributed by atoms with van der Waals surface area (Å²) in [6.45, 7) is 13.4. The number of carboxylic acid groups (broad SMARTS) is 1. The molecule has 8 heteroatoms. The largest absolute Gasteiger partial charge is 0.480 e. The van der Waals surface area contributed by atoms with Crippen LogP contribution in [0.2, 0.25) is 0 Å². The number of aromatic nitrogens is 1. The molecule has 0 unspecified atom stereocenters. The molecule has 2 aromatic rings. The first-order valence-corrected chi connectivity index (χ1v) is 11.0. The number of amides is 1. The molecule has 0 saturated carbocycles. The third-order valence-corrected chi connectivity index (χ3v) is 5.65. The molecule has 3 N–H and O–H groups in total. The van der Waals surface area contributed by atoms with Crippen molar-refractivity contribution in [1.29, 1.82) is 0 Å². The highest BCUT2D eigenvalue weighted by Crippen LogP contribution is 2.34. The Labute approximate surface area is 189 Å². The molecule has 1 amide bonds. The lowest BCUT2D eigenvalue weighted by Gasteiger charge is -2.35. The van der Waals surface area contributed by atoms with Gasteiger partial charge in [-0.05, 0) is 64.7 Å². The van der Waals surface area contributed by atoms with E-state index in [1.54, 1.807) is 4.90 Å². The minimum atomic E-state index is -0.892. The molecule has 0 spiro atoms. The van der Waals surface area contributed by atoms with Crippen molar-refractivity contribution in [2.45, 2.75) is 78.3 Å². The number of nitrogens with one attached hydrogen (secondary N) is 2. The van der Waals surface area contributed by atoms with Crippen molar-refractivity contribution < 1.29 is 24.2 Å². The molecular formula is C24H35N3O5. The van der Waals surface area contributed by atoms with Crippen molar-refractivity contribution in [2.24, 2.45) is 5.92 Å². The number of H-pyrrole nitrogens is 1. The number of benzene rings is 1. The second-order valence-corrected chi connectivity index (χ2v) is 10.2. The number of aliphatic carboxylic acids is 1. The van der Waals surface area contributed by atoms with E-state index in [2.05, 4.69) is 10.3 Å². The number of carbonyl (C=O) groups excluding carboxylic acids is 1. The van der Waals surface area contributed by atoms with Crippen LogP contribution in [0, 0.1) is 5.92 Å². The van der Waals surface area contributed by atoms with Crippen LogP contribution in [-0.4, -0.2) is 57.1 Å². The van der Waals surface area contributed by atoms with E-state index >= 15 is 0 Å². The molecule has 1 fully saturated rings. The van der Waals surface area contributed by atoms with Gasteiger partial charge in [-0.3, -0.25) is 4.90 Å². The maximum absolute atomic E-state index is 13.0. The van der Waals surface area contributed by atoms with Crippen LogP contribution >= 0.6 is 0 Å². The van der Waals surface area contributed by atoms with Crippen molar-refractivity contribution >= 4 is 28.7 Å². The zero-order valence-electron chi connectivity index (χ0n) is 20.0. The van der Waals surface area contributed by atoms with Crippen LogP contribution in [0.3, 0.4) is 0 Å². The van der Waals surface area contributed by atoms with Crippen LogP contribution < -0.4 is 5.32 Å². The first-order chi connectivity index (χ1) is 14.8. The van der Waals surface area contributed by atoms with Crippen LogP contribution in [0.1, 0.15) is 54.0 Å². The molecule has 0 aliphatic carbocycles. The van der Waals surface area contributed by atoms with Gasteiger partial charge in [-0.15, -0.1) is 0 Å². The van der Waals surface area contributed by atoms with E-state index in [-0.39, 0.29) is 12.0 Å². The van der Waals surface area contributed by atoms with Crippen molar-refractivity contribution in [3.8, 4) is 0 Å². The van der Waals surface area contributed by atoms with Gasteiger partial charge >= 0.3 is 12.1 Å². The minimum Gasteiger partial charge on any atom is -0.480 e. The number of aromatic amines is 1. The Morgan fingerprint density at radius 3 is 2.62 bits per heavy atom. The molecule has 1 aromatic heterocycles. The predicted molar refractivity (Wildman–Crippen MR) is 124 cm³/mol. The molecule has 1 aliphatic rings. The average Bonchev–Trinajstić information content (AvgIpc) is 3.18. The standard InChI is InChI=1S/C24H35N3O5/c1-14(2)20(21(28)29)26-18-10-8-9-17-19(18)15(12-25-17)11-16-13-31-24(6,7)27(16)22(30)32-23(3,4)5/h8-10,12,14,16,20,25-26H,11,13H2,1-7H3,(H,28,29)/t16-,20-/m0/s1. The summed E-state index contributed by atoms with van der Waals surface area (Å²) in [5.41, 5.74) is 1.24. The molecule has 32 heavy (non-hydrogen) atoms. The zero-order valence-corrected chi connectivity index (χ0v) is 20.0. The van der Waals surface area contributed by atoms with Crippen molar-refractivity contribution in [3.05, 3.63) is 30.0 Å². The number of nitrogens with zero attached hydrogens (tertiary/aromatic N) is 1. The maximum Gasteiger partial charge on any atom is 0.412 e. The molecule has 8 nitrogen and oxygen atoms in total. The molecule has 0 radical (unpaired) electrons. The number of carbonyl (C=O) groups is 2. The number of anilines is 1. The predicted octanol–water partition coefficient (Wildman–Crippen LogP) is 4.60. The fourth-order valence-corrected chi connectivity index (χ4v) is 4.19. The van der Waals surface area contributed by atoms with Gasteiger partial charge in [0.25, 0.3) is 0 Å². The Morgan fingerprint density at radius 2 is 2.03 bits per heavy atom. The molecule has 1 aromatic carbocycles. The van der Waals surface area contributed by atoms with Gasteiger partial charge in [0.2, 0.25) is 0 Å². The van der Waals surface area contributed by atoms with Gasteiger partial charge in [-0.1, -0.05) is 19.9 Å². The molecule has 0 bridgehead atoms. The molecule has 176 valence electrons. The topological polar surface area (TPSA) is 104 Å². The lowest BCUT2D eigenvalue weighted by Crippen LogP contribution is -2.50. The number of carboxylic acids is 1. The third kappa shape index (κ3) is 5.01. The molecule has 2 heterocycles. The van der Waals surface area contributed by atoms with E-state index < -0.39 is 29.4 Å². The SMILES string of the molecule is CC(C)[C@H](Nc1cccc2[nH]cc(C[C@H]3COC(C)(C)N3C(=O)OC(C)(C)C)c12)C(=O)O. The minimum absolute atomic E-state index is 0.0863. The fourth-order valence-electron chi connectivity index (χ4n) is 4.19. The lowest BCUT2D eigenvalue weighted by atomic mass is 10.0. The summed E-state index contributed by atoms with van der Waals surface area (Å²) in [4.78, 5) is 29.7. The molecule has 3 rings (SSSR count). The molecular weight excluding hydrogens is 410 g/mol. The Kier molecular flexibility index (Phi) is 6.47. The van der Waals surface area contributed by atoms with Gasteiger partial charge in [0.1, 0.15) is 17.4 Å². The summed E-state index contributed by atoms with van der Waals surface area (Å²) >= 11 is 0. The summed E-state index contributed by atoms with van der Waals surface area (Å²) in [5.74, 6) is -0.979. The normalized spacial score (nSPS) is 19.4. The van der Waals surface area contributed by atoms with Crippen molar-refractivity contribution in [2.75, 3.05) is 11.9 Å². The Morgan fingerprint density at radius 1 is 1.34 bits per heavy atom. The summed E-state index contributed by atoms with van der Waals surface area (Å²) in [6.07, 6.45) is 2.05. The van der Waals surface area contributed by atoms with Crippen LogP contribution in [0.25, 0.3) is 10.9 Å². The van der Waals surface area contributed by atoms with Crippen LogP contribution in [0.5, 0.6) is 0 Å². The van der Waals surface area contributed by atoms with Crippen molar-refractivity contribution in [1.82, 2.24) is 9.88 Å². The second-order valence-electron chi connectivity index (χ2n) is 10.2. The Bertz CT molecular complexity index is 989. The number of fused-ring (bicyclic) bond motifs is 1. The number of ether oxygens (including phenoxy) is 2. The highest BCUT2D eigenvalue weighted by atomic mass is 16.6.